The molecule has 146 valence electrons. The number of anilines is 1. The standard InChI is InChI=1S/C22H20ClN5O/c1-15-2-3-16(11-24-15)18-10-19(23)22-26-13-20(28(22)14-18)17-4-5-21(25-12-17)27-6-8-29-9-7-27/h2-5,10-14H,6-9H2,1H3. The van der Waals surface area contributed by atoms with E-state index in [0.29, 0.717) is 5.02 Å². The Kier molecular flexibility index (Phi) is 4.66. The van der Waals surface area contributed by atoms with Crippen LogP contribution in [-0.4, -0.2) is 45.7 Å². The molecule has 6 nitrogen and oxygen atoms in total. The van der Waals surface area contributed by atoms with Gasteiger partial charge in [0, 0.05) is 54.1 Å². The highest BCUT2D eigenvalue weighted by Crippen LogP contribution is 2.30. The SMILES string of the molecule is Cc1ccc(-c2cc(Cl)c3ncc(-c4ccc(N5CCOCC5)nc4)n3c2)cn1. The summed E-state index contributed by atoms with van der Waals surface area (Å²) in [6.07, 6.45) is 7.64. The van der Waals surface area contributed by atoms with Crippen LogP contribution in [0.4, 0.5) is 5.82 Å². The highest BCUT2D eigenvalue weighted by Gasteiger charge is 2.15. The third-order valence-electron chi connectivity index (χ3n) is 5.18. The first-order chi connectivity index (χ1) is 14.2. The molecule has 5 heterocycles. The molecule has 1 aliphatic rings. The normalized spacial score (nSPS) is 14.5. The van der Waals surface area contributed by atoms with E-state index < -0.39 is 0 Å². The van der Waals surface area contributed by atoms with Gasteiger partial charge in [-0.3, -0.25) is 9.38 Å². The number of pyridine rings is 3. The number of ether oxygens (including phenoxy) is 1. The Balaban J connectivity index is 1.54. The van der Waals surface area contributed by atoms with E-state index in [1.165, 1.54) is 0 Å². The van der Waals surface area contributed by atoms with Gasteiger partial charge in [-0.25, -0.2) is 9.97 Å². The summed E-state index contributed by atoms with van der Waals surface area (Å²) >= 11 is 6.53. The number of aryl methyl sites for hydroxylation is 1. The summed E-state index contributed by atoms with van der Waals surface area (Å²) in [7, 11) is 0. The van der Waals surface area contributed by atoms with Crippen LogP contribution in [0.5, 0.6) is 0 Å². The van der Waals surface area contributed by atoms with Crippen molar-refractivity contribution in [3.63, 3.8) is 0 Å². The van der Waals surface area contributed by atoms with Gasteiger partial charge in [-0.15, -0.1) is 0 Å². The number of morpholine rings is 1. The van der Waals surface area contributed by atoms with E-state index in [0.717, 1.165) is 65.8 Å². The zero-order chi connectivity index (χ0) is 19.8. The molecule has 29 heavy (non-hydrogen) atoms. The minimum absolute atomic E-state index is 0.604. The molecule has 4 aromatic rings. The largest absolute Gasteiger partial charge is 0.378 e. The van der Waals surface area contributed by atoms with Crippen LogP contribution >= 0.6 is 11.6 Å². The van der Waals surface area contributed by atoms with Gasteiger partial charge in [-0.2, -0.15) is 0 Å². The van der Waals surface area contributed by atoms with Crippen LogP contribution in [0.15, 0.2) is 55.1 Å². The molecule has 1 saturated heterocycles. The Hall–Kier alpha value is -2.96. The van der Waals surface area contributed by atoms with Crippen molar-refractivity contribution in [3.8, 4) is 22.4 Å². The van der Waals surface area contributed by atoms with Crippen LogP contribution in [0.2, 0.25) is 5.02 Å². The van der Waals surface area contributed by atoms with Crippen LogP contribution in [0.25, 0.3) is 28.0 Å². The maximum absolute atomic E-state index is 6.53. The lowest BCUT2D eigenvalue weighted by atomic mass is 10.1. The van der Waals surface area contributed by atoms with Gasteiger partial charge in [-0.05, 0) is 31.2 Å². The molecule has 5 rings (SSSR count). The minimum atomic E-state index is 0.604. The molecular formula is C22H20ClN5O. The van der Waals surface area contributed by atoms with Crippen molar-refractivity contribution in [3.05, 3.63) is 65.8 Å². The molecule has 0 atom stereocenters. The Morgan fingerprint density at radius 3 is 2.41 bits per heavy atom. The second kappa shape index (κ2) is 7.46. The van der Waals surface area contributed by atoms with Crippen LogP contribution < -0.4 is 4.90 Å². The van der Waals surface area contributed by atoms with E-state index >= 15 is 0 Å². The van der Waals surface area contributed by atoms with Gasteiger partial charge in [0.2, 0.25) is 0 Å². The molecule has 0 amide bonds. The molecule has 7 heteroatoms. The summed E-state index contributed by atoms with van der Waals surface area (Å²) in [5, 5.41) is 0.604. The number of fused-ring (bicyclic) bond motifs is 1. The second-order valence-corrected chi connectivity index (χ2v) is 7.51. The Morgan fingerprint density at radius 2 is 1.69 bits per heavy atom. The fraction of sp³-hybridized carbons (Fsp3) is 0.227. The molecular weight excluding hydrogens is 386 g/mol. The van der Waals surface area contributed by atoms with Crippen molar-refractivity contribution in [2.24, 2.45) is 0 Å². The van der Waals surface area contributed by atoms with E-state index in [4.69, 9.17) is 16.3 Å². The summed E-state index contributed by atoms with van der Waals surface area (Å²) in [5.41, 5.74) is 5.65. The van der Waals surface area contributed by atoms with Gasteiger partial charge in [-0.1, -0.05) is 17.7 Å². The Morgan fingerprint density at radius 1 is 0.897 bits per heavy atom. The van der Waals surface area contributed by atoms with Crippen molar-refractivity contribution >= 4 is 23.1 Å². The maximum Gasteiger partial charge on any atom is 0.156 e. The van der Waals surface area contributed by atoms with E-state index in [2.05, 4.69) is 38.1 Å². The molecule has 0 aliphatic carbocycles. The van der Waals surface area contributed by atoms with E-state index in [1.54, 1.807) is 0 Å². The smallest absolute Gasteiger partial charge is 0.156 e. The molecule has 1 aliphatic heterocycles. The third-order valence-corrected chi connectivity index (χ3v) is 5.46. The molecule has 0 unspecified atom stereocenters. The van der Waals surface area contributed by atoms with Crippen molar-refractivity contribution in [2.45, 2.75) is 6.92 Å². The molecule has 4 aromatic heterocycles. The zero-order valence-corrected chi connectivity index (χ0v) is 16.8. The third kappa shape index (κ3) is 3.45. The lowest BCUT2D eigenvalue weighted by Crippen LogP contribution is -2.36. The second-order valence-electron chi connectivity index (χ2n) is 7.11. The summed E-state index contributed by atoms with van der Waals surface area (Å²) in [6, 6.07) is 10.1. The summed E-state index contributed by atoms with van der Waals surface area (Å²) in [4.78, 5) is 15.8. The lowest BCUT2D eigenvalue weighted by molar-refractivity contribution is 0.122. The van der Waals surface area contributed by atoms with Gasteiger partial charge in [0.25, 0.3) is 0 Å². The number of hydrogen-bond donors (Lipinski definition) is 0. The number of hydrogen-bond acceptors (Lipinski definition) is 5. The van der Waals surface area contributed by atoms with Crippen LogP contribution in [0, 0.1) is 6.92 Å². The van der Waals surface area contributed by atoms with Crippen LogP contribution in [0.1, 0.15) is 5.69 Å². The average Bonchev–Trinajstić information content (AvgIpc) is 3.20. The number of halogens is 1. The van der Waals surface area contributed by atoms with Crippen LogP contribution in [-0.2, 0) is 4.74 Å². The highest BCUT2D eigenvalue weighted by molar-refractivity contribution is 6.33. The number of imidazole rings is 1. The highest BCUT2D eigenvalue weighted by atomic mass is 35.5. The van der Waals surface area contributed by atoms with Gasteiger partial charge in [0.1, 0.15) is 5.82 Å². The molecule has 0 saturated carbocycles. The zero-order valence-electron chi connectivity index (χ0n) is 16.0. The first kappa shape index (κ1) is 18.1. The lowest BCUT2D eigenvalue weighted by Gasteiger charge is -2.27. The first-order valence-electron chi connectivity index (χ1n) is 9.58. The van der Waals surface area contributed by atoms with Gasteiger partial charge in [0.15, 0.2) is 5.65 Å². The van der Waals surface area contributed by atoms with Crippen molar-refractivity contribution in [2.75, 3.05) is 31.2 Å². The summed E-state index contributed by atoms with van der Waals surface area (Å²) < 4.78 is 7.44. The Bertz CT molecular complexity index is 1150. The molecule has 0 radical (unpaired) electrons. The number of aromatic nitrogens is 4. The van der Waals surface area contributed by atoms with Crippen LogP contribution in [0.3, 0.4) is 0 Å². The van der Waals surface area contributed by atoms with Gasteiger partial charge < -0.3 is 9.64 Å². The molecule has 1 fully saturated rings. The average molecular weight is 406 g/mol. The minimum Gasteiger partial charge on any atom is -0.378 e. The fourth-order valence-electron chi connectivity index (χ4n) is 3.57. The molecule has 0 bridgehead atoms. The fourth-order valence-corrected chi connectivity index (χ4v) is 3.83. The van der Waals surface area contributed by atoms with Crippen molar-refractivity contribution < 1.29 is 4.74 Å². The topological polar surface area (TPSA) is 55.5 Å². The quantitative estimate of drug-likeness (QED) is 0.509. The number of nitrogens with zero attached hydrogens (tertiary/aromatic N) is 5. The van der Waals surface area contributed by atoms with Gasteiger partial charge >= 0.3 is 0 Å². The predicted molar refractivity (Wildman–Crippen MR) is 114 cm³/mol. The number of rotatable bonds is 3. The van der Waals surface area contributed by atoms with Crippen molar-refractivity contribution in [1.29, 1.82) is 0 Å². The van der Waals surface area contributed by atoms with Crippen molar-refractivity contribution in [1.82, 2.24) is 19.4 Å². The molecule has 0 spiro atoms. The van der Waals surface area contributed by atoms with Gasteiger partial charge in [0.05, 0.1) is 30.1 Å². The van der Waals surface area contributed by atoms with E-state index in [1.807, 2.05) is 48.2 Å². The van der Waals surface area contributed by atoms with E-state index in [9.17, 15) is 0 Å². The Labute approximate surface area is 173 Å². The molecule has 0 N–H and O–H groups in total. The first-order valence-corrected chi connectivity index (χ1v) is 9.95. The predicted octanol–water partition coefficient (Wildman–Crippen LogP) is 4.26. The maximum atomic E-state index is 6.53. The summed E-state index contributed by atoms with van der Waals surface area (Å²) in [5.74, 6) is 0.968. The monoisotopic (exact) mass is 405 g/mol. The van der Waals surface area contributed by atoms with E-state index in [-0.39, 0.29) is 0 Å². The molecule has 0 aromatic carbocycles. The summed E-state index contributed by atoms with van der Waals surface area (Å²) in [6.45, 7) is 5.19.